The Bertz CT molecular complexity index is 355. The number of rotatable bonds is 6. The Balaban J connectivity index is 2.62. The molecule has 0 aliphatic carbocycles. The van der Waals surface area contributed by atoms with Gasteiger partial charge in [0.15, 0.2) is 0 Å². The van der Waals surface area contributed by atoms with Crippen molar-refractivity contribution in [2.75, 3.05) is 34.3 Å². The molecule has 1 rings (SSSR count). The fraction of sp³-hybridized carbons (Fsp3) is 0.538. The summed E-state index contributed by atoms with van der Waals surface area (Å²) in [6.45, 7) is 3.64. The molecule has 0 aliphatic rings. The molecule has 96 valence electrons. The molecule has 0 spiro atoms. The molecule has 0 amide bonds. The molecule has 0 fully saturated rings. The topological polar surface area (TPSA) is 24.5 Å². The lowest BCUT2D eigenvalue weighted by Crippen LogP contribution is -2.19. The van der Waals surface area contributed by atoms with Crippen LogP contribution in [0.5, 0.6) is 5.75 Å². The van der Waals surface area contributed by atoms with E-state index in [2.05, 4.69) is 17.1 Å². The fourth-order valence-electron chi connectivity index (χ4n) is 1.45. The Morgan fingerprint density at radius 1 is 1.41 bits per heavy atom. The molecular weight excluding hydrogens is 236 g/mol. The molecule has 0 heterocycles. The van der Waals surface area contributed by atoms with Crippen LogP contribution in [0.1, 0.15) is 18.5 Å². The van der Waals surface area contributed by atoms with Gasteiger partial charge in [-0.05, 0) is 45.8 Å². The third-order valence-corrected chi connectivity index (χ3v) is 3.01. The van der Waals surface area contributed by atoms with Crippen LogP contribution in [-0.4, -0.2) is 39.2 Å². The van der Waals surface area contributed by atoms with Crippen molar-refractivity contribution in [3.63, 3.8) is 0 Å². The first-order chi connectivity index (χ1) is 8.04. The summed E-state index contributed by atoms with van der Waals surface area (Å²) in [6, 6.07) is 6.10. The van der Waals surface area contributed by atoms with Gasteiger partial charge in [0.25, 0.3) is 0 Å². The van der Waals surface area contributed by atoms with Gasteiger partial charge in [0.2, 0.25) is 0 Å². The van der Waals surface area contributed by atoms with Gasteiger partial charge < -0.3 is 15.0 Å². The quantitative estimate of drug-likeness (QED) is 0.847. The molecule has 0 saturated carbocycles. The van der Waals surface area contributed by atoms with Crippen molar-refractivity contribution in [3.8, 4) is 5.75 Å². The van der Waals surface area contributed by atoms with E-state index >= 15 is 0 Å². The highest BCUT2D eigenvalue weighted by atomic mass is 35.5. The second kappa shape index (κ2) is 6.84. The zero-order chi connectivity index (χ0) is 12.8. The summed E-state index contributed by atoms with van der Waals surface area (Å²) in [5.74, 6) is 0.823. The summed E-state index contributed by atoms with van der Waals surface area (Å²) in [7, 11) is 5.96. The van der Waals surface area contributed by atoms with Crippen LogP contribution in [-0.2, 0) is 0 Å². The third-order valence-electron chi connectivity index (χ3n) is 2.68. The largest absolute Gasteiger partial charge is 0.492 e. The van der Waals surface area contributed by atoms with Crippen LogP contribution in [0.25, 0.3) is 0 Å². The van der Waals surface area contributed by atoms with Crippen molar-refractivity contribution in [2.24, 2.45) is 0 Å². The highest BCUT2D eigenvalue weighted by molar-refractivity contribution is 6.31. The lowest BCUT2D eigenvalue weighted by molar-refractivity contribution is 0.261. The predicted octanol–water partition coefficient (Wildman–Crippen LogP) is 2.56. The van der Waals surface area contributed by atoms with Gasteiger partial charge in [-0.1, -0.05) is 17.7 Å². The second-order valence-corrected chi connectivity index (χ2v) is 4.75. The minimum absolute atomic E-state index is 0.248. The second-order valence-electron chi connectivity index (χ2n) is 4.35. The number of nitrogens with zero attached hydrogens (tertiary/aromatic N) is 1. The summed E-state index contributed by atoms with van der Waals surface area (Å²) in [6.07, 6.45) is 0. The normalized spacial score (nSPS) is 12.8. The van der Waals surface area contributed by atoms with E-state index in [1.54, 1.807) is 0 Å². The lowest BCUT2D eigenvalue weighted by Gasteiger charge is -2.15. The highest BCUT2D eigenvalue weighted by Gasteiger charge is 2.08. The SMILES string of the molecule is CNC(C)c1ccc(OCCN(C)C)cc1Cl. The molecule has 0 aromatic heterocycles. The van der Waals surface area contributed by atoms with Gasteiger partial charge in [-0.25, -0.2) is 0 Å². The molecule has 17 heavy (non-hydrogen) atoms. The number of nitrogens with one attached hydrogen (secondary N) is 1. The van der Waals surface area contributed by atoms with E-state index in [-0.39, 0.29) is 6.04 Å². The molecule has 0 radical (unpaired) electrons. The first-order valence-corrected chi connectivity index (χ1v) is 6.16. The Morgan fingerprint density at radius 3 is 2.65 bits per heavy atom. The standard InChI is InChI=1S/C13H21ClN2O/c1-10(15-2)12-6-5-11(9-13(12)14)17-8-7-16(3)4/h5-6,9-10,15H,7-8H2,1-4H3. The average molecular weight is 257 g/mol. The van der Waals surface area contributed by atoms with Crippen molar-refractivity contribution in [1.82, 2.24) is 10.2 Å². The van der Waals surface area contributed by atoms with Crippen LogP contribution in [0.15, 0.2) is 18.2 Å². The molecule has 1 atom stereocenters. The molecule has 1 aromatic rings. The Labute approximate surface area is 109 Å². The molecule has 4 heteroatoms. The maximum Gasteiger partial charge on any atom is 0.120 e. The maximum absolute atomic E-state index is 6.21. The number of benzene rings is 1. The van der Waals surface area contributed by atoms with E-state index in [9.17, 15) is 0 Å². The van der Waals surface area contributed by atoms with E-state index < -0.39 is 0 Å². The summed E-state index contributed by atoms with van der Waals surface area (Å²) in [4.78, 5) is 2.08. The first-order valence-electron chi connectivity index (χ1n) is 5.79. The van der Waals surface area contributed by atoms with E-state index in [0.29, 0.717) is 6.61 Å². The first kappa shape index (κ1) is 14.3. The van der Waals surface area contributed by atoms with Gasteiger partial charge >= 0.3 is 0 Å². The summed E-state index contributed by atoms with van der Waals surface area (Å²) in [5, 5.41) is 3.91. The number of hydrogen-bond donors (Lipinski definition) is 1. The molecule has 3 nitrogen and oxygen atoms in total. The maximum atomic E-state index is 6.21. The van der Waals surface area contributed by atoms with Gasteiger partial charge in [-0.2, -0.15) is 0 Å². The van der Waals surface area contributed by atoms with Gasteiger partial charge in [0, 0.05) is 17.6 Å². The van der Waals surface area contributed by atoms with Gasteiger partial charge in [-0.15, -0.1) is 0 Å². The number of likely N-dealkylation sites (N-methyl/N-ethyl adjacent to an activating group) is 1. The summed E-state index contributed by atoms with van der Waals surface area (Å²) in [5.41, 5.74) is 1.09. The van der Waals surface area contributed by atoms with Gasteiger partial charge in [0.1, 0.15) is 12.4 Å². The Hall–Kier alpha value is -0.770. The molecule has 0 bridgehead atoms. The van der Waals surface area contributed by atoms with Crippen molar-refractivity contribution in [2.45, 2.75) is 13.0 Å². The third kappa shape index (κ3) is 4.54. The van der Waals surface area contributed by atoms with E-state index in [4.69, 9.17) is 16.3 Å². The van der Waals surface area contributed by atoms with Crippen molar-refractivity contribution in [1.29, 1.82) is 0 Å². The van der Waals surface area contributed by atoms with E-state index in [0.717, 1.165) is 22.9 Å². The van der Waals surface area contributed by atoms with Crippen LogP contribution >= 0.6 is 11.6 Å². The van der Waals surface area contributed by atoms with Crippen molar-refractivity contribution >= 4 is 11.6 Å². The molecule has 0 saturated heterocycles. The van der Waals surface area contributed by atoms with Gasteiger partial charge in [-0.3, -0.25) is 0 Å². The Morgan fingerprint density at radius 2 is 2.12 bits per heavy atom. The van der Waals surface area contributed by atoms with Crippen molar-refractivity contribution < 1.29 is 4.74 Å². The lowest BCUT2D eigenvalue weighted by atomic mass is 10.1. The summed E-state index contributed by atoms with van der Waals surface area (Å²) < 4.78 is 5.62. The molecular formula is C13H21ClN2O. The molecule has 1 aromatic carbocycles. The van der Waals surface area contributed by atoms with Crippen LogP contribution in [0.4, 0.5) is 0 Å². The highest BCUT2D eigenvalue weighted by Crippen LogP contribution is 2.26. The average Bonchev–Trinajstić information content (AvgIpc) is 2.28. The van der Waals surface area contributed by atoms with E-state index in [1.165, 1.54) is 0 Å². The summed E-state index contributed by atoms with van der Waals surface area (Å²) >= 11 is 6.21. The zero-order valence-electron chi connectivity index (χ0n) is 11.0. The molecule has 1 N–H and O–H groups in total. The molecule has 0 aliphatic heterocycles. The zero-order valence-corrected chi connectivity index (χ0v) is 11.7. The number of hydrogen-bond acceptors (Lipinski definition) is 3. The predicted molar refractivity (Wildman–Crippen MR) is 73.0 cm³/mol. The van der Waals surface area contributed by atoms with Crippen LogP contribution < -0.4 is 10.1 Å². The van der Waals surface area contributed by atoms with Gasteiger partial charge in [0.05, 0.1) is 0 Å². The van der Waals surface area contributed by atoms with Crippen LogP contribution in [0, 0.1) is 0 Å². The van der Waals surface area contributed by atoms with Crippen LogP contribution in [0.2, 0.25) is 5.02 Å². The smallest absolute Gasteiger partial charge is 0.120 e. The monoisotopic (exact) mass is 256 g/mol. The van der Waals surface area contributed by atoms with E-state index in [1.807, 2.05) is 39.3 Å². The van der Waals surface area contributed by atoms with Crippen LogP contribution in [0.3, 0.4) is 0 Å². The Kier molecular flexibility index (Phi) is 5.75. The number of ether oxygens (including phenoxy) is 1. The minimum Gasteiger partial charge on any atom is -0.492 e. The minimum atomic E-state index is 0.248. The van der Waals surface area contributed by atoms with Crippen molar-refractivity contribution in [3.05, 3.63) is 28.8 Å². The fourth-order valence-corrected chi connectivity index (χ4v) is 1.78. The number of halogens is 1. The molecule has 1 unspecified atom stereocenters.